The summed E-state index contributed by atoms with van der Waals surface area (Å²) in [7, 11) is 0. The van der Waals surface area contributed by atoms with Gasteiger partial charge in [0.05, 0.1) is 0 Å². The van der Waals surface area contributed by atoms with Gasteiger partial charge in [0.2, 0.25) is 0 Å². The maximum absolute atomic E-state index is 12.0. The van der Waals surface area contributed by atoms with Gasteiger partial charge in [-0.2, -0.15) is 0 Å². The molecule has 1 amide bonds. The van der Waals surface area contributed by atoms with Gasteiger partial charge in [0, 0.05) is 11.6 Å². The Morgan fingerprint density at radius 2 is 1.62 bits per heavy atom. The fourth-order valence-electron chi connectivity index (χ4n) is 1.87. The van der Waals surface area contributed by atoms with Gasteiger partial charge in [-0.15, -0.1) is 0 Å². The molecule has 1 aromatic rings. The summed E-state index contributed by atoms with van der Waals surface area (Å²) < 4.78 is 0. The number of rotatable bonds is 4. The Kier molecular flexibility index (Phi) is 4.53. The fraction of sp³-hybridized carbons (Fsp3) is 0.500. The van der Waals surface area contributed by atoms with Crippen LogP contribution in [0.1, 0.15) is 48.2 Å². The Morgan fingerprint density at radius 1 is 1.12 bits per heavy atom. The van der Waals surface area contributed by atoms with E-state index in [-0.39, 0.29) is 11.9 Å². The third kappa shape index (κ3) is 3.37. The molecule has 0 aliphatic rings. The molecule has 88 valence electrons. The van der Waals surface area contributed by atoms with Crippen molar-refractivity contribution in [2.24, 2.45) is 0 Å². The normalized spacial score (nSPS) is 10.6. The van der Waals surface area contributed by atoms with E-state index in [0.29, 0.717) is 0 Å². The first-order chi connectivity index (χ1) is 7.56. The number of carbonyl (C=O) groups is 1. The van der Waals surface area contributed by atoms with E-state index in [2.05, 4.69) is 25.2 Å². The lowest BCUT2D eigenvalue weighted by molar-refractivity contribution is 0.0934. The molecule has 0 aliphatic heterocycles. The molecule has 0 bridgehead atoms. The molecule has 0 fully saturated rings. The van der Waals surface area contributed by atoms with Crippen LogP contribution in [0.25, 0.3) is 0 Å². The van der Waals surface area contributed by atoms with E-state index in [0.717, 1.165) is 29.5 Å². The van der Waals surface area contributed by atoms with Crippen LogP contribution in [-0.4, -0.2) is 11.9 Å². The van der Waals surface area contributed by atoms with Gasteiger partial charge in [-0.1, -0.05) is 31.0 Å². The van der Waals surface area contributed by atoms with E-state index in [1.54, 1.807) is 0 Å². The summed E-state index contributed by atoms with van der Waals surface area (Å²) in [5.41, 5.74) is 3.04. The van der Waals surface area contributed by atoms with Gasteiger partial charge in [0.15, 0.2) is 0 Å². The summed E-state index contributed by atoms with van der Waals surface area (Å²) in [6.45, 7) is 8.22. The van der Waals surface area contributed by atoms with Crippen LogP contribution >= 0.6 is 0 Å². The van der Waals surface area contributed by atoms with Crippen LogP contribution in [0, 0.1) is 13.8 Å². The first-order valence-corrected chi connectivity index (χ1v) is 5.96. The van der Waals surface area contributed by atoms with Crippen LogP contribution in [0.4, 0.5) is 0 Å². The summed E-state index contributed by atoms with van der Waals surface area (Å²) >= 11 is 0. The minimum Gasteiger partial charge on any atom is -0.349 e. The number of hydrogen-bond acceptors (Lipinski definition) is 1. The molecule has 1 aromatic carbocycles. The Hall–Kier alpha value is -1.31. The Labute approximate surface area is 98.1 Å². The summed E-state index contributed by atoms with van der Waals surface area (Å²) in [6, 6.07) is 6.23. The smallest absolute Gasteiger partial charge is 0.251 e. The van der Waals surface area contributed by atoms with Crippen molar-refractivity contribution >= 4 is 5.91 Å². The average molecular weight is 219 g/mol. The molecule has 16 heavy (non-hydrogen) atoms. The molecule has 0 spiro atoms. The van der Waals surface area contributed by atoms with Crippen molar-refractivity contribution in [1.82, 2.24) is 5.32 Å². The summed E-state index contributed by atoms with van der Waals surface area (Å²) in [5.74, 6) is 0.0421. The minimum atomic E-state index is 0.0421. The van der Waals surface area contributed by atoms with Crippen molar-refractivity contribution in [3.63, 3.8) is 0 Å². The molecule has 2 nitrogen and oxygen atoms in total. The van der Waals surface area contributed by atoms with E-state index in [9.17, 15) is 4.79 Å². The third-order valence-electron chi connectivity index (χ3n) is 2.80. The topological polar surface area (TPSA) is 29.1 Å². The van der Waals surface area contributed by atoms with Gasteiger partial charge in [0.25, 0.3) is 5.91 Å². The Bertz CT molecular complexity index is 347. The number of hydrogen-bond donors (Lipinski definition) is 1. The van der Waals surface area contributed by atoms with Crippen molar-refractivity contribution in [3.05, 3.63) is 34.9 Å². The van der Waals surface area contributed by atoms with Crippen molar-refractivity contribution in [3.8, 4) is 0 Å². The molecule has 0 saturated carbocycles. The highest BCUT2D eigenvalue weighted by Crippen LogP contribution is 2.09. The number of nitrogens with one attached hydrogen (secondary N) is 1. The number of benzene rings is 1. The lowest BCUT2D eigenvalue weighted by Crippen LogP contribution is -2.33. The van der Waals surface area contributed by atoms with E-state index >= 15 is 0 Å². The zero-order chi connectivity index (χ0) is 12.1. The lowest BCUT2D eigenvalue weighted by Gasteiger charge is -2.15. The van der Waals surface area contributed by atoms with Crippen LogP contribution < -0.4 is 5.32 Å². The summed E-state index contributed by atoms with van der Waals surface area (Å²) in [5, 5.41) is 3.05. The van der Waals surface area contributed by atoms with Crippen LogP contribution in [0.5, 0.6) is 0 Å². The lowest BCUT2D eigenvalue weighted by atomic mass is 10.1. The van der Waals surface area contributed by atoms with Crippen LogP contribution in [0.15, 0.2) is 18.2 Å². The maximum atomic E-state index is 12.0. The molecule has 0 aliphatic carbocycles. The fourth-order valence-corrected chi connectivity index (χ4v) is 1.87. The standard InChI is InChI=1S/C14H21NO/c1-5-13(6-2)15-14(16)12-8-10(3)7-11(4)9-12/h7-9,13H,5-6H2,1-4H3,(H,15,16). The molecule has 0 unspecified atom stereocenters. The van der Waals surface area contributed by atoms with Gasteiger partial charge in [-0.05, 0) is 38.8 Å². The molecule has 1 N–H and O–H groups in total. The van der Waals surface area contributed by atoms with Gasteiger partial charge in [-0.3, -0.25) is 4.79 Å². The van der Waals surface area contributed by atoms with E-state index in [1.165, 1.54) is 0 Å². The number of amides is 1. The van der Waals surface area contributed by atoms with Crippen molar-refractivity contribution < 1.29 is 4.79 Å². The van der Waals surface area contributed by atoms with Crippen LogP contribution in [0.3, 0.4) is 0 Å². The third-order valence-corrected chi connectivity index (χ3v) is 2.80. The maximum Gasteiger partial charge on any atom is 0.251 e. The van der Waals surface area contributed by atoms with Gasteiger partial charge < -0.3 is 5.32 Å². The van der Waals surface area contributed by atoms with Gasteiger partial charge in [0.1, 0.15) is 0 Å². The van der Waals surface area contributed by atoms with Crippen molar-refractivity contribution in [1.29, 1.82) is 0 Å². The van der Waals surface area contributed by atoms with Gasteiger partial charge in [-0.25, -0.2) is 0 Å². The molecule has 2 heteroatoms. The molecule has 0 atom stereocenters. The average Bonchev–Trinajstić information content (AvgIpc) is 2.24. The highest BCUT2D eigenvalue weighted by atomic mass is 16.1. The number of carbonyl (C=O) groups excluding carboxylic acids is 1. The quantitative estimate of drug-likeness (QED) is 0.827. The first-order valence-electron chi connectivity index (χ1n) is 5.96. The Balaban J connectivity index is 2.80. The second-order valence-corrected chi connectivity index (χ2v) is 4.36. The van der Waals surface area contributed by atoms with E-state index in [4.69, 9.17) is 0 Å². The van der Waals surface area contributed by atoms with Crippen LogP contribution in [0.2, 0.25) is 0 Å². The summed E-state index contributed by atoms with van der Waals surface area (Å²) in [6.07, 6.45) is 1.96. The van der Waals surface area contributed by atoms with Crippen LogP contribution in [-0.2, 0) is 0 Å². The molecule has 0 aromatic heterocycles. The monoisotopic (exact) mass is 219 g/mol. The summed E-state index contributed by atoms with van der Waals surface area (Å²) in [4.78, 5) is 12.0. The molecular weight excluding hydrogens is 198 g/mol. The highest BCUT2D eigenvalue weighted by Gasteiger charge is 2.10. The number of aryl methyl sites for hydroxylation is 2. The molecule has 0 radical (unpaired) electrons. The SMILES string of the molecule is CCC(CC)NC(=O)c1cc(C)cc(C)c1. The molecule has 0 saturated heterocycles. The predicted molar refractivity (Wildman–Crippen MR) is 67.8 cm³/mol. The highest BCUT2D eigenvalue weighted by molar-refractivity contribution is 5.94. The van der Waals surface area contributed by atoms with E-state index in [1.807, 2.05) is 26.0 Å². The van der Waals surface area contributed by atoms with Gasteiger partial charge >= 0.3 is 0 Å². The molecule has 0 heterocycles. The zero-order valence-electron chi connectivity index (χ0n) is 10.6. The van der Waals surface area contributed by atoms with E-state index < -0.39 is 0 Å². The van der Waals surface area contributed by atoms with Crippen molar-refractivity contribution in [2.45, 2.75) is 46.6 Å². The molecular formula is C14H21NO. The van der Waals surface area contributed by atoms with Crippen molar-refractivity contribution in [2.75, 3.05) is 0 Å². The second kappa shape index (κ2) is 5.69. The zero-order valence-corrected chi connectivity index (χ0v) is 10.6. The second-order valence-electron chi connectivity index (χ2n) is 4.36. The Morgan fingerprint density at radius 3 is 2.06 bits per heavy atom. The largest absolute Gasteiger partial charge is 0.349 e. The predicted octanol–water partition coefficient (Wildman–Crippen LogP) is 3.22. The minimum absolute atomic E-state index is 0.0421. The molecule has 1 rings (SSSR count). The first kappa shape index (κ1) is 12.8.